The van der Waals surface area contributed by atoms with Gasteiger partial charge in [0.15, 0.2) is 5.78 Å². The van der Waals surface area contributed by atoms with E-state index < -0.39 is 16.9 Å². The maximum absolute atomic E-state index is 12.6. The summed E-state index contributed by atoms with van der Waals surface area (Å²) in [6, 6.07) is 94.3. The smallest absolute Gasteiger partial charge is 0.347 e. The van der Waals surface area contributed by atoms with Gasteiger partial charge in [0.1, 0.15) is 69.5 Å². The van der Waals surface area contributed by atoms with Gasteiger partial charge in [-0.05, 0) is 87.9 Å². The number of nitrogens with one attached hydrogen (secondary N) is 4. The van der Waals surface area contributed by atoms with Crippen molar-refractivity contribution >= 4 is 215 Å². The molecule has 0 saturated heterocycles. The lowest BCUT2D eigenvalue weighted by atomic mass is 10.0. The molecule has 1 saturated carbocycles. The molecule has 4 N–H and O–H groups in total. The number of benzene rings is 11. The molecular formula is C104H72N4O14S5. The van der Waals surface area contributed by atoms with Gasteiger partial charge in [0.25, 0.3) is 0 Å². The van der Waals surface area contributed by atoms with Crippen molar-refractivity contribution in [3.63, 3.8) is 0 Å². The Kier molecular flexibility index (Phi) is 24.2. The molecule has 622 valence electrons. The third kappa shape index (κ3) is 18.1. The van der Waals surface area contributed by atoms with E-state index in [0.29, 0.717) is 88.3 Å². The molecule has 11 aromatic carbocycles. The first kappa shape index (κ1) is 82.8. The standard InChI is InChI=1S/C25H17NO2S.C21H15NO3S.C20H15NO3S.C19H13NO3S.C19H12O3S/c1-16(17-11-13-19(14-12-17)18-7-3-2-4-8-18)26-24-23-21(15-29-24)20-9-5-6-10-22(20)28-25(23)27;23-19(15-10-14(15)12-6-2-1-3-7-12)22-20-18-16(11-26-20)13-8-4-5-9-17(13)25-21(18)24;22-17(11-10-13-6-2-1-3-7-13)21-19-18-15(12-25-19)14-8-4-5-9-16(14)24-20(18)23;21-16(10-12-6-2-1-3-7-12)20-18-17-14(11-24-18)13-8-4-5-9-15(13)23-19(17)22;20-15(12-6-2-1-3-7-12)10-17-18-14(11-23-17)13-8-4-5-9-16(13)22-19(18)21/h2-15,26H,1H2;1-9,11,14-15H,10H2,(H,22,23);1-9,12H,10-11H2,(H,21,22);1-9,11H,10H2,(H,20,21);1-9,11H,10H2. The zero-order valence-electron chi connectivity index (χ0n) is 67.3. The second-order valence-corrected chi connectivity index (χ2v) is 34.4. The molecule has 22 rings (SSSR count). The molecule has 1 fully saturated rings. The number of para-hydroxylation sites is 5. The normalized spacial score (nSPS) is 12.7. The number of rotatable bonds is 17. The van der Waals surface area contributed by atoms with Gasteiger partial charge in [-0.2, -0.15) is 0 Å². The number of thiophene rings is 5. The lowest BCUT2D eigenvalue weighted by Gasteiger charge is -2.10. The average molecular weight is 1760 g/mol. The molecule has 10 aromatic heterocycles. The highest BCUT2D eigenvalue weighted by molar-refractivity contribution is 7.17. The molecule has 0 radical (unpaired) electrons. The van der Waals surface area contributed by atoms with E-state index in [1.165, 1.54) is 67.8 Å². The van der Waals surface area contributed by atoms with Crippen LogP contribution in [0.25, 0.3) is 126 Å². The Morgan fingerprint density at radius 1 is 0.315 bits per heavy atom. The first-order valence-corrected chi connectivity index (χ1v) is 44.9. The molecule has 0 aliphatic heterocycles. The number of carbonyl (C=O) groups is 4. The highest BCUT2D eigenvalue weighted by atomic mass is 32.1. The number of anilines is 4. The van der Waals surface area contributed by atoms with E-state index in [9.17, 15) is 43.2 Å². The summed E-state index contributed by atoms with van der Waals surface area (Å²) >= 11 is 6.98. The zero-order valence-corrected chi connectivity index (χ0v) is 71.4. The second-order valence-electron chi connectivity index (χ2n) is 29.9. The van der Waals surface area contributed by atoms with Gasteiger partial charge in [0.2, 0.25) is 17.7 Å². The lowest BCUT2D eigenvalue weighted by Crippen LogP contribution is -2.15. The lowest BCUT2D eigenvalue weighted by molar-refractivity contribution is -0.117. The molecule has 127 heavy (non-hydrogen) atoms. The van der Waals surface area contributed by atoms with Gasteiger partial charge < -0.3 is 43.4 Å². The summed E-state index contributed by atoms with van der Waals surface area (Å²) in [7, 11) is 0. The number of ketones is 1. The molecule has 10 heterocycles. The summed E-state index contributed by atoms with van der Waals surface area (Å²) in [6.07, 6.45) is 2.34. The topological polar surface area (TPSA) is 267 Å². The summed E-state index contributed by atoms with van der Waals surface area (Å²) in [6.45, 7) is 4.16. The van der Waals surface area contributed by atoms with Crippen molar-refractivity contribution in [2.75, 3.05) is 21.3 Å². The minimum Gasteiger partial charge on any atom is -0.422 e. The molecule has 3 amide bonds. The third-order valence-corrected chi connectivity index (χ3v) is 26.3. The van der Waals surface area contributed by atoms with Gasteiger partial charge in [-0.1, -0.05) is 273 Å². The largest absolute Gasteiger partial charge is 0.422 e. The predicted molar refractivity (Wildman–Crippen MR) is 516 cm³/mol. The first-order chi connectivity index (χ1) is 62.1. The number of hydrogen-bond donors (Lipinski definition) is 4. The summed E-state index contributed by atoms with van der Waals surface area (Å²) < 4.78 is 27.1. The predicted octanol–water partition coefficient (Wildman–Crippen LogP) is 24.7. The SMILES string of the molecule is C=C(Nc1scc2c1c(=O)oc1ccccc12)c1ccc(-c2ccccc2)cc1.O=C(CCc1ccccc1)Nc1scc2c1c(=O)oc1ccccc12.O=C(Cc1ccccc1)Nc1scc2c1c(=O)oc1ccccc12.O=C(Cc1scc2c1c(=O)oc1ccccc12)c1ccccc1.O=C(Nc1scc2c1c(=O)oc1ccccc12)C1CC1c1ccccc1. The van der Waals surface area contributed by atoms with Crippen LogP contribution in [-0.2, 0) is 33.6 Å². The Morgan fingerprint density at radius 2 is 0.654 bits per heavy atom. The second kappa shape index (κ2) is 37.1. The molecule has 2 atom stereocenters. The van der Waals surface area contributed by atoms with Crippen molar-refractivity contribution in [2.45, 2.75) is 38.0 Å². The van der Waals surface area contributed by atoms with Crippen molar-refractivity contribution in [1.82, 2.24) is 0 Å². The molecule has 1 aliphatic carbocycles. The van der Waals surface area contributed by atoms with Crippen molar-refractivity contribution in [3.05, 3.63) is 416 Å². The van der Waals surface area contributed by atoms with E-state index >= 15 is 0 Å². The monoisotopic (exact) mass is 1760 g/mol. The minimum absolute atomic E-state index is 0.00177. The Labute approximate surface area is 742 Å². The van der Waals surface area contributed by atoms with E-state index in [4.69, 9.17) is 22.1 Å². The molecule has 23 heteroatoms. The number of amides is 3. The van der Waals surface area contributed by atoms with Gasteiger partial charge in [0.05, 0.1) is 11.8 Å². The number of fused-ring (bicyclic) bond motifs is 15. The Balaban J connectivity index is 0.000000108. The maximum Gasteiger partial charge on any atom is 0.347 e. The number of Topliss-reactive ketones (excluding diaryl/α,β-unsaturated/α-hetero) is 1. The van der Waals surface area contributed by atoms with Gasteiger partial charge in [-0.15, -0.1) is 56.7 Å². The van der Waals surface area contributed by atoms with Crippen molar-refractivity contribution in [1.29, 1.82) is 0 Å². The molecular weight excluding hydrogens is 1690 g/mol. The zero-order chi connectivity index (χ0) is 87.0. The fourth-order valence-corrected chi connectivity index (χ4v) is 20.3. The van der Waals surface area contributed by atoms with Crippen LogP contribution >= 0.6 is 56.7 Å². The van der Waals surface area contributed by atoms with Crippen molar-refractivity contribution in [3.8, 4) is 11.1 Å². The minimum atomic E-state index is -0.431. The molecule has 18 nitrogen and oxygen atoms in total. The highest BCUT2D eigenvalue weighted by Crippen LogP contribution is 2.49. The number of carbonyl (C=O) groups excluding carboxylic acids is 4. The van der Waals surface area contributed by atoms with Crippen LogP contribution in [0, 0.1) is 5.92 Å². The maximum atomic E-state index is 12.6. The van der Waals surface area contributed by atoms with Crippen molar-refractivity contribution in [2.24, 2.45) is 5.92 Å². The third-order valence-electron chi connectivity index (χ3n) is 21.8. The summed E-state index contributed by atoms with van der Waals surface area (Å²) in [5, 5.41) is 35.0. The van der Waals surface area contributed by atoms with Crippen LogP contribution in [0.2, 0.25) is 0 Å². The van der Waals surface area contributed by atoms with E-state index in [1.807, 2.05) is 251 Å². The van der Waals surface area contributed by atoms with E-state index in [2.05, 4.69) is 64.2 Å². The molecule has 0 spiro atoms. The van der Waals surface area contributed by atoms with Crippen LogP contribution in [-0.4, -0.2) is 23.5 Å². The number of hydrogen-bond acceptors (Lipinski definition) is 20. The summed E-state index contributed by atoms with van der Waals surface area (Å²) in [4.78, 5) is 112. The molecule has 21 aromatic rings. The van der Waals surface area contributed by atoms with Crippen LogP contribution in [0.15, 0.2) is 377 Å². The Morgan fingerprint density at radius 3 is 1.09 bits per heavy atom. The van der Waals surface area contributed by atoms with Crippen LogP contribution in [0.3, 0.4) is 0 Å². The van der Waals surface area contributed by atoms with E-state index in [1.54, 1.807) is 36.4 Å². The quantitative estimate of drug-likeness (QED) is 0.0488. The van der Waals surface area contributed by atoms with Crippen LogP contribution in [0.4, 0.5) is 20.0 Å². The first-order valence-electron chi connectivity index (χ1n) is 40.5. The Hall–Kier alpha value is -15.1. The molecule has 2 unspecified atom stereocenters. The average Bonchev–Trinajstić information content (AvgIpc) is 1.62. The Bertz CT molecular complexity index is 8070. The van der Waals surface area contributed by atoms with E-state index in [0.717, 1.165) is 98.1 Å². The van der Waals surface area contributed by atoms with Crippen molar-refractivity contribution < 1.29 is 41.3 Å². The summed E-state index contributed by atoms with van der Waals surface area (Å²) in [5.74, 6) is -0.0727. The van der Waals surface area contributed by atoms with Crippen LogP contribution < -0.4 is 49.4 Å². The van der Waals surface area contributed by atoms with Gasteiger partial charge in [-0.25, -0.2) is 24.0 Å². The fraction of sp³-hybridized carbons (Fsp3) is 0.0673. The fourth-order valence-electron chi connectivity index (χ4n) is 15.4. The molecule has 1 aliphatic rings. The summed E-state index contributed by atoms with van der Waals surface area (Å²) in [5.41, 5.74) is 8.76. The highest BCUT2D eigenvalue weighted by Gasteiger charge is 2.44. The van der Waals surface area contributed by atoms with E-state index in [-0.39, 0.29) is 59.4 Å². The van der Waals surface area contributed by atoms with Crippen LogP contribution in [0.1, 0.15) is 56.2 Å². The van der Waals surface area contributed by atoms with Gasteiger partial charge >= 0.3 is 28.1 Å². The number of aryl methyl sites for hydroxylation is 1. The van der Waals surface area contributed by atoms with Gasteiger partial charge in [-0.3, -0.25) is 19.2 Å². The van der Waals surface area contributed by atoms with Crippen LogP contribution in [0.5, 0.6) is 0 Å². The molecule has 0 bridgehead atoms. The van der Waals surface area contributed by atoms with Gasteiger partial charge in [0, 0.05) is 110 Å².